The number of methoxy groups -OCH3 is 1. The number of esters is 1. The highest BCUT2D eigenvalue weighted by Crippen LogP contribution is 2.21. The molecule has 2 aliphatic rings. The molecule has 8 nitrogen and oxygen atoms in total. The van der Waals surface area contributed by atoms with Crippen molar-refractivity contribution in [1.29, 1.82) is 0 Å². The quantitative estimate of drug-likeness (QED) is 0.381. The van der Waals surface area contributed by atoms with E-state index in [1.54, 1.807) is 0 Å². The fourth-order valence-corrected chi connectivity index (χ4v) is 3.96. The van der Waals surface area contributed by atoms with Gasteiger partial charge in [0.05, 0.1) is 32.8 Å². The number of carbonyl (C=O) groups excluding carboxylic acids is 1. The van der Waals surface area contributed by atoms with Crippen molar-refractivity contribution in [2.75, 3.05) is 66.2 Å². The van der Waals surface area contributed by atoms with Gasteiger partial charge in [-0.25, -0.2) is 4.99 Å². The number of morpholine rings is 1. The predicted octanol–water partition coefficient (Wildman–Crippen LogP) is 1.75. The number of nitrogens with one attached hydrogen (secondary N) is 1. The number of nitrogens with zero attached hydrogens (tertiary/aromatic N) is 3. The fraction of sp³-hybridized carbons (Fsp3) is 0.652. The molecule has 3 rings (SSSR count). The molecule has 1 aromatic carbocycles. The molecule has 8 heteroatoms. The molecule has 0 bridgehead atoms. The van der Waals surface area contributed by atoms with Crippen molar-refractivity contribution >= 4 is 11.9 Å². The third-order valence-electron chi connectivity index (χ3n) is 5.80. The first-order valence-corrected chi connectivity index (χ1v) is 11.3. The van der Waals surface area contributed by atoms with Gasteiger partial charge in [0.1, 0.15) is 12.4 Å². The lowest BCUT2D eigenvalue weighted by molar-refractivity contribution is -0.146. The lowest BCUT2D eigenvalue weighted by atomic mass is 9.97. The maximum absolute atomic E-state index is 11.8. The van der Waals surface area contributed by atoms with Crippen LogP contribution in [0.1, 0.15) is 25.3 Å². The van der Waals surface area contributed by atoms with E-state index >= 15 is 0 Å². The smallest absolute Gasteiger partial charge is 0.308 e. The SMILES string of the molecule is CCNC(=NCc1ccccc1OCCN1CCOCC1)N1CCC(C(=O)OC)CC1. The molecule has 2 heterocycles. The summed E-state index contributed by atoms with van der Waals surface area (Å²) in [5.41, 5.74) is 1.07. The van der Waals surface area contributed by atoms with Crippen molar-refractivity contribution in [2.24, 2.45) is 10.9 Å². The van der Waals surface area contributed by atoms with Crippen LogP contribution in [0.25, 0.3) is 0 Å². The average molecular weight is 433 g/mol. The highest BCUT2D eigenvalue weighted by Gasteiger charge is 2.27. The van der Waals surface area contributed by atoms with Gasteiger partial charge in [0.25, 0.3) is 0 Å². The highest BCUT2D eigenvalue weighted by molar-refractivity contribution is 5.80. The van der Waals surface area contributed by atoms with Gasteiger partial charge < -0.3 is 24.4 Å². The Hall–Kier alpha value is -2.32. The van der Waals surface area contributed by atoms with Crippen LogP contribution in [-0.4, -0.2) is 87.9 Å². The zero-order valence-electron chi connectivity index (χ0n) is 18.8. The Bertz CT molecular complexity index is 713. The second-order valence-electron chi connectivity index (χ2n) is 7.86. The number of aliphatic imine (C=N–C) groups is 1. The standard InChI is InChI=1S/C23H36N4O4/c1-3-24-23(27-10-8-19(9-11-27)22(28)29-2)25-18-20-6-4-5-7-21(20)31-17-14-26-12-15-30-16-13-26/h4-7,19H,3,8-18H2,1-2H3,(H,24,25). The number of hydrogen-bond acceptors (Lipinski definition) is 6. The molecule has 0 atom stereocenters. The molecule has 31 heavy (non-hydrogen) atoms. The Morgan fingerprint density at radius 2 is 1.94 bits per heavy atom. The minimum atomic E-state index is -0.107. The van der Waals surface area contributed by atoms with Crippen LogP contribution in [0.4, 0.5) is 0 Å². The van der Waals surface area contributed by atoms with Gasteiger partial charge >= 0.3 is 5.97 Å². The van der Waals surface area contributed by atoms with Gasteiger partial charge in [-0.3, -0.25) is 9.69 Å². The Balaban J connectivity index is 1.56. The third kappa shape index (κ3) is 7.11. The summed E-state index contributed by atoms with van der Waals surface area (Å²) in [6, 6.07) is 8.11. The van der Waals surface area contributed by atoms with E-state index in [0.29, 0.717) is 13.2 Å². The Morgan fingerprint density at radius 1 is 1.19 bits per heavy atom. The molecule has 0 spiro atoms. The Labute approximate surface area is 185 Å². The highest BCUT2D eigenvalue weighted by atomic mass is 16.5. The molecule has 0 unspecified atom stereocenters. The van der Waals surface area contributed by atoms with Crippen LogP contribution in [0.15, 0.2) is 29.3 Å². The van der Waals surface area contributed by atoms with E-state index in [1.165, 1.54) is 7.11 Å². The molecule has 0 radical (unpaired) electrons. The first-order chi connectivity index (χ1) is 15.2. The maximum atomic E-state index is 11.8. The van der Waals surface area contributed by atoms with E-state index in [9.17, 15) is 4.79 Å². The van der Waals surface area contributed by atoms with Crippen molar-refractivity contribution in [3.8, 4) is 5.75 Å². The molecule has 172 valence electrons. The number of hydrogen-bond donors (Lipinski definition) is 1. The van der Waals surface area contributed by atoms with Gasteiger partial charge in [0, 0.05) is 44.8 Å². The summed E-state index contributed by atoms with van der Waals surface area (Å²) < 4.78 is 16.4. The maximum Gasteiger partial charge on any atom is 0.308 e. The summed E-state index contributed by atoms with van der Waals surface area (Å²) in [4.78, 5) is 21.3. The van der Waals surface area contributed by atoms with Crippen molar-refractivity contribution in [3.63, 3.8) is 0 Å². The summed E-state index contributed by atoms with van der Waals surface area (Å²) in [6.07, 6.45) is 1.58. The van der Waals surface area contributed by atoms with E-state index < -0.39 is 0 Å². The second-order valence-corrected chi connectivity index (χ2v) is 7.86. The van der Waals surface area contributed by atoms with Gasteiger partial charge in [-0.05, 0) is 25.8 Å². The molecule has 2 fully saturated rings. The lowest BCUT2D eigenvalue weighted by Crippen LogP contribution is -2.46. The van der Waals surface area contributed by atoms with Crippen LogP contribution in [0.3, 0.4) is 0 Å². The first-order valence-electron chi connectivity index (χ1n) is 11.3. The molecule has 2 aliphatic heterocycles. The van der Waals surface area contributed by atoms with Crippen molar-refractivity contribution < 1.29 is 19.0 Å². The van der Waals surface area contributed by atoms with Crippen LogP contribution in [0.5, 0.6) is 5.75 Å². The molecular formula is C23H36N4O4. The second kappa shape index (κ2) is 12.5. The van der Waals surface area contributed by atoms with E-state index in [-0.39, 0.29) is 11.9 Å². The van der Waals surface area contributed by atoms with Gasteiger partial charge in [-0.2, -0.15) is 0 Å². The van der Waals surface area contributed by atoms with Crippen molar-refractivity contribution in [3.05, 3.63) is 29.8 Å². The molecule has 0 aliphatic carbocycles. The van der Waals surface area contributed by atoms with Crippen LogP contribution in [-0.2, 0) is 20.8 Å². The molecule has 0 amide bonds. The minimum Gasteiger partial charge on any atom is -0.492 e. The Kier molecular flexibility index (Phi) is 9.42. The van der Waals surface area contributed by atoms with Crippen LogP contribution in [0.2, 0.25) is 0 Å². The zero-order chi connectivity index (χ0) is 21.9. The zero-order valence-corrected chi connectivity index (χ0v) is 18.8. The molecule has 0 saturated carbocycles. The number of benzene rings is 1. The summed E-state index contributed by atoms with van der Waals surface area (Å²) in [6.45, 7) is 10.1. The van der Waals surface area contributed by atoms with E-state index in [1.807, 2.05) is 18.2 Å². The van der Waals surface area contributed by atoms with Gasteiger partial charge in [-0.15, -0.1) is 0 Å². The molecule has 0 aromatic heterocycles. The van der Waals surface area contributed by atoms with Crippen molar-refractivity contribution in [1.82, 2.24) is 15.1 Å². The largest absolute Gasteiger partial charge is 0.492 e. The molecule has 1 aromatic rings. The van der Waals surface area contributed by atoms with Gasteiger partial charge in [0.15, 0.2) is 5.96 Å². The first kappa shape index (κ1) is 23.3. The van der Waals surface area contributed by atoms with E-state index in [0.717, 1.165) is 82.6 Å². The van der Waals surface area contributed by atoms with Gasteiger partial charge in [-0.1, -0.05) is 18.2 Å². The summed E-state index contributed by atoms with van der Waals surface area (Å²) in [5.74, 6) is 1.66. The van der Waals surface area contributed by atoms with E-state index in [2.05, 4.69) is 28.1 Å². The summed E-state index contributed by atoms with van der Waals surface area (Å²) >= 11 is 0. The summed E-state index contributed by atoms with van der Waals surface area (Å²) in [5, 5.41) is 3.39. The number of para-hydroxylation sites is 1. The van der Waals surface area contributed by atoms with Crippen molar-refractivity contribution in [2.45, 2.75) is 26.3 Å². The number of likely N-dealkylation sites (tertiary alicyclic amines) is 1. The molecule has 2 saturated heterocycles. The Morgan fingerprint density at radius 3 is 2.65 bits per heavy atom. The monoisotopic (exact) mass is 432 g/mol. The summed E-state index contributed by atoms with van der Waals surface area (Å²) in [7, 11) is 1.46. The van der Waals surface area contributed by atoms with Crippen LogP contribution >= 0.6 is 0 Å². The fourth-order valence-electron chi connectivity index (χ4n) is 3.96. The number of rotatable bonds is 8. The van der Waals surface area contributed by atoms with Gasteiger partial charge in [0.2, 0.25) is 0 Å². The average Bonchev–Trinajstić information content (AvgIpc) is 2.83. The minimum absolute atomic E-state index is 0.00952. The van der Waals surface area contributed by atoms with Crippen LogP contribution in [0, 0.1) is 5.92 Å². The number of guanidine groups is 1. The van der Waals surface area contributed by atoms with E-state index in [4.69, 9.17) is 19.2 Å². The number of ether oxygens (including phenoxy) is 3. The topological polar surface area (TPSA) is 75.6 Å². The molecular weight excluding hydrogens is 396 g/mol. The normalized spacial score (nSPS) is 18.6. The lowest BCUT2D eigenvalue weighted by Gasteiger charge is -2.33. The predicted molar refractivity (Wildman–Crippen MR) is 120 cm³/mol. The van der Waals surface area contributed by atoms with Crippen LogP contribution < -0.4 is 10.1 Å². The molecule has 1 N–H and O–H groups in total. The number of piperidine rings is 1. The third-order valence-corrected chi connectivity index (χ3v) is 5.80. The number of carbonyl (C=O) groups is 1.